The van der Waals surface area contributed by atoms with Gasteiger partial charge in [-0.2, -0.15) is 0 Å². The first-order chi connectivity index (χ1) is 9.58. The number of imide groups is 1. The van der Waals surface area contributed by atoms with Crippen LogP contribution < -0.4 is 4.90 Å². The highest BCUT2D eigenvalue weighted by Gasteiger charge is 2.61. The van der Waals surface area contributed by atoms with Crippen LogP contribution >= 0.6 is 11.6 Å². The fourth-order valence-electron chi connectivity index (χ4n) is 4.33. The summed E-state index contributed by atoms with van der Waals surface area (Å²) in [6.07, 6.45) is 3.10. The van der Waals surface area contributed by atoms with Gasteiger partial charge in [0, 0.05) is 11.1 Å². The second-order valence-corrected chi connectivity index (χ2v) is 6.47. The lowest BCUT2D eigenvalue weighted by atomic mass is 9.81. The summed E-state index contributed by atoms with van der Waals surface area (Å²) >= 11 is 5.80. The van der Waals surface area contributed by atoms with Crippen molar-refractivity contribution in [3.63, 3.8) is 0 Å². The molecule has 1 saturated heterocycles. The highest BCUT2D eigenvalue weighted by molar-refractivity contribution is 6.31. The summed E-state index contributed by atoms with van der Waals surface area (Å²) in [5.41, 5.74) is 0.262. The molecule has 3 aliphatic rings. The van der Waals surface area contributed by atoms with Gasteiger partial charge in [-0.05, 0) is 43.2 Å². The fraction of sp³-hybridized carbons (Fsp3) is 0.467. The number of anilines is 1. The van der Waals surface area contributed by atoms with E-state index in [0.29, 0.717) is 16.9 Å². The van der Waals surface area contributed by atoms with Crippen molar-refractivity contribution in [1.29, 1.82) is 0 Å². The fourth-order valence-corrected chi connectivity index (χ4v) is 4.50. The molecular weight excluding hydrogens is 278 g/mol. The van der Waals surface area contributed by atoms with Gasteiger partial charge in [-0.25, -0.2) is 4.90 Å². The second-order valence-electron chi connectivity index (χ2n) is 6.03. The number of amides is 2. The number of nitrogens with zero attached hydrogens (tertiary/aromatic N) is 1. The van der Waals surface area contributed by atoms with Gasteiger partial charge in [0.2, 0.25) is 11.8 Å². The van der Waals surface area contributed by atoms with Gasteiger partial charge in [0.1, 0.15) is 5.75 Å². The summed E-state index contributed by atoms with van der Waals surface area (Å²) in [4.78, 5) is 26.3. The number of hydrogen-bond acceptors (Lipinski definition) is 3. The number of phenolic OH excluding ortho intramolecular Hbond substituents is 1. The van der Waals surface area contributed by atoms with E-state index in [1.54, 1.807) is 6.07 Å². The molecule has 1 aromatic carbocycles. The zero-order chi connectivity index (χ0) is 14.0. The van der Waals surface area contributed by atoms with E-state index < -0.39 is 0 Å². The van der Waals surface area contributed by atoms with E-state index in [9.17, 15) is 14.7 Å². The summed E-state index contributed by atoms with van der Waals surface area (Å²) in [6.45, 7) is 0. The monoisotopic (exact) mass is 291 g/mol. The van der Waals surface area contributed by atoms with E-state index in [-0.39, 0.29) is 35.1 Å². The first-order valence-corrected chi connectivity index (χ1v) is 7.32. The summed E-state index contributed by atoms with van der Waals surface area (Å²) in [5.74, 6) is -0.0596. The summed E-state index contributed by atoms with van der Waals surface area (Å²) < 4.78 is 0. The van der Waals surface area contributed by atoms with Crippen molar-refractivity contribution in [2.24, 2.45) is 23.7 Å². The number of halogens is 1. The highest BCUT2D eigenvalue weighted by Crippen LogP contribution is 2.57. The summed E-state index contributed by atoms with van der Waals surface area (Å²) in [7, 11) is 0. The predicted molar refractivity (Wildman–Crippen MR) is 73.4 cm³/mol. The Morgan fingerprint density at radius 1 is 1.10 bits per heavy atom. The molecule has 0 radical (unpaired) electrons. The maximum Gasteiger partial charge on any atom is 0.238 e. The second kappa shape index (κ2) is 3.98. The lowest BCUT2D eigenvalue weighted by Gasteiger charge is -2.19. The van der Waals surface area contributed by atoms with Gasteiger partial charge in [-0.3, -0.25) is 9.59 Å². The van der Waals surface area contributed by atoms with Crippen LogP contribution in [0.1, 0.15) is 19.3 Å². The minimum Gasteiger partial charge on any atom is -0.506 e. The zero-order valence-electron chi connectivity index (χ0n) is 10.8. The van der Waals surface area contributed by atoms with Crippen molar-refractivity contribution in [3.8, 4) is 5.75 Å². The molecule has 2 aliphatic carbocycles. The molecule has 0 aromatic heterocycles. The SMILES string of the molecule is O=C1C2C3CCC(C3)C2C(=O)N1c1ccc(Cl)cc1O. The van der Waals surface area contributed by atoms with E-state index in [4.69, 9.17) is 11.6 Å². The lowest BCUT2D eigenvalue weighted by molar-refractivity contribution is -0.123. The van der Waals surface area contributed by atoms with Crippen molar-refractivity contribution < 1.29 is 14.7 Å². The molecule has 1 heterocycles. The third kappa shape index (κ3) is 1.43. The van der Waals surface area contributed by atoms with Crippen LogP contribution in [-0.4, -0.2) is 16.9 Å². The first-order valence-electron chi connectivity index (χ1n) is 6.94. The molecule has 3 fully saturated rings. The van der Waals surface area contributed by atoms with Gasteiger partial charge in [0.25, 0.3) is 0 Å². The number of aromatic hydroxyl groups is 1. The molecule has 2 amide bonds. The molecule has 4 unspecified atom stereocenters. The van der Waals surface area contributed by atoms with Gasteiger partial charge < -0.3 is 5.11 Å². The van der Waals surface area contributed by atoms with Crippen LogP contribution in [0, 0.1) is 23.7 Å². The Kier molecular flexibility index (Phi) is 2.43. The zero-order valence-corrected chi connectivity index (χ0v) is 11.5. The Labute approximate surface area is 121 Å². The van der Waals surface area contributed by atoms with E-state index in [1.165, 1.54) is 17.0 Å². The maximum absolute atomic E-state index is 12.6. The Morgan fingerprint density at radius 3 is 2.25 bits per heavy atom. The Bertz CT molecular complexity index is 602. The van der Waals surface area contributed by atoms with E-state index >= 15 is 0 Å². The van der Waals surface area contributed by atoms with Crippen molar-refractivity contribution in [3.05, 3.63) is 23.2 Å². The lowest BCUT2D eigenvalue weighted by Crippen LogP contribution is -2.32. The van der Waals surface area contributed by atoms with Gasteiger partial charge in [-0.1, -0.05) is 11.6 Å². The number of phenols is 1. The molecule has 1 aromatic rings. The number of benzene rings is 1. The Balaban J connectivity index is 1.77. The van der Waals surface area contributed by atoms with Gasteiger partial charge >= 0.3 is 0 Å². The number of fused-ring (bicyclic) bond motifs is 5. The van der Waals surface area contributed by atoms with Gasteiger partial charge in [0.15, 0.2) is 0 Å². The average molecular weight is 292 g/mol. The Hall–Kier alpha value is -1.55. The van der Waals surface area contributed by atoms with Crippen LogP contribution in [0.4, 0.5) is 5.69 Å². The average Bonchev–Trinajstić information content (AvgIpc) is 3.06. The minimum absolute atomic E-state index is 0.119. The van der Waals surface area contributed by atoms with Crippen LogP contribution in [0.2, 0.25) is 5.02 Å². The normalized spacial score (nSPS) is 35.0. The van der Waals surface area contributed by atoms with Crippen LogP contribution in [0.5, 0.6) is 5.75 Å². The van der Waals surface area contributed by atoms with Gasteiger partial charge in [-0.15, -0.1) is 0 Å². The number of carbonyl (C=O) groups excluding carboxylic acids is 2. The molecule has 2 bridgehead atoms. The maximum atomic E-state index is 12.6. The largest absolute Gasteiger partial charge is 0.506 e. The molecule has 2 saturated carbocycles. The topological polar surface area (TPSA) is 57.6 Å². The minimum atomic E-state index is -0.170. The molecule has 4 atom stereocenters. The van der Waals surface area contributed by atoms with Crippen LogP contribution in [0.15, 0.2) is 18.2 Å². The van der Waals surface area contributed by atoms with Crippen molar-refractivity contribution >= 4 is 29.1 Å². The molecule has 5 heteroatoms. The first kappa shape index (κ1) is 12.2. The van der Waals surface area contributed by atoms with Gasteiger partial charge in [0.05, 0.1) is 17.5 Å². The van der Waals surface area contributed by atoms with E-state index in [2.05, 4.69) is 0 Å². The number of rotatable bonds is 1. The third-order valence-corrected chi connectivity index (χ3v) is 5.34. The number of hydrogen-bond donors (Lipinski definition) is 1. The quantitative estimate of drug-likeness (QED) is 0.809. The van der Waals surface area contributed by atoms with Crippen molar-refractivity contribution in [2.45, 2.75) is 19.3 Å². The van der Waals surface area contributed by atoms with Crippen molar-refractivity contribution in [1.82, 2.24) is 0 Å². The molecule has 20 heavy (non-hydrogen) atoms. The van der Waals surface area contributed by atoms with E-state index in [1.807, 2.05) is 0 Å². The standard InChI is InChI=1S/C15H14ClNO3/c16-9-3-4-10(11(18)6-9)17-14(19)12-7-1-2-8(5-7)13(12)15(17)20/h3-4,6-8,12-13,18H,1-2,5H2. The molecule has 1 N–H and O–H groups in total. The Morgan fingerprint density at radius 2 is 1.70 bits per heavy atom. The van der Waals surface area contributed by atoms with Crippen LogP contribution in [-0.2, 0) is 9.59 Å². The molecule has 4 nitrogen and oxygen atoms in total. The molecule has 1 aliphatic heterocycles. The van der Waals surface area contributed by atoms with E-state index in [0.717, 1.165) is 19.3 Å². The summed E-state index contributed by atoms with van der Waals surface area (Å²) in [6, 6.07) is 4.48. The summed E-state index contributed by atoms with van der Waals surface area (Å²) in [5, 5.41) is 10.3. The molecule has 0 spiro atoms. The third-order valence-electron chi connectivity index (χ3n) is 5.11. The van der Waals surface area contributed by atoms with Crippen LogP contribution in [0.25, 0.3) is 0 Å². The van der Waals surface area contributed by atoms with Crippen LogP contribution in [0.3, 0.4) is 0 Å². The van der Waals surface area contributed by atoms with Crippen molar-refractivity contribution in [2.75, 3.05) is 4.90 Å². The highest BCUT2D eigenvalue weighted by atomic mass is 35.5. The predicted octanol–water partition coefficient (Wildman–Crippen LogP) is 2.58. The smallest absolute Gasteiger partial charge is 0.238 e. The molecular formula is C15H14ClNO3. The molecule has 104 valence electrons. The number of carbonyl (C=O) groups is 2. The molecule has 4 rings (SSSR count).